The van der Waals surface area contributed by atoms with Crippen molar-refractivity contribution in [2.75, 3.05) is 0 Å². The summed E-state index contributed by atoms with van der Waals surface area (Å²) in [4.78, 5) is 4.71. The fraction of sp³-hybridized carbons (Fsp3) is 0.233. The first-order chi connectivity index (χ1) is 15.8. The molecule has 0 saturated carbocycles. The number of rotatable bonds is 7. The molecule has 0 fully saturated rings. The first kappa shape index (κ1) is 23.2. The van der Waals surface area contributed by atoms with E-state index < -0.39 is 5.60 Å². The van der Waals surface area contributed by atoms with Gasteiger partial charge in [0, 0.05) is 10.4 Å². The van der Waals surface area contributed by atoms with Crippen molar-refractivity contribution in [3.05, 3.63) is 112 Å². The lowest BCUT2D eigenvalue weighted by Gasteiger charge is -2.22. The minimum Gasteiger partial charge on any atom is -0.386 e. The van der Waals surface area contributed by atoms with Crippen LogP contribution in [0.4, 0.5) is 0 Å². The van der Waals surface area contributed by atoms with Gasteiger partial charge in [-0.2, -0.15) is 0 Å². The molecule has 1 N–H and O–H groups in total. The van der Waals surface area contributed by atoms with Gasteiger partial charge in [0.05, 0.1) is 16.8 Å². The molecule has 3 aromatic carbocycles. The van der Waals surface area contributed by atoms with E-state index >= 15 is 0 Å². The van der Waals surface area contributed by atoms with Crippen LogP contribution in [0.25, 0.3) is 23.1 Å². The van der Waals surface area contributed by atoms with E-state index in [0.717, 1.165) is 40.6 Å². The molecular weight excluding hydrogens is 426 g/mol. The van der Waals surface area contributed by atoms with Crippen molar-refractivity contribution >= 4 is 34.7 Å². The van der Waals surface area contributed by atoms with Crippen molar-refractivity contribution in [3.8, 4) is 0 Å². The Morgan fingerprint density at radius 1 is 0.939 bits per heavy atom. The average Bonchev–Trinajstić information content (AvgIpc) is 2.80. The van der Waals surface area contributed by atoms with Crippen LogP contribution in [0.2, 0.25) is 5.02 Å². The molecule has 0 aliphatic carbocycles. The Balaban J connectivity index is 1.47. The minimum atomic E-state index is -0.827. The highest BCUT2D eigenvalue weighted by Crippen LogP contribution is 2.28. The van der Waals surface area contributed by atoms with E-state index in [-0.39, 0.29) is 0 Å². The van der Waals surface area contributed by atoms with Gasteiger partial charge in [0.2, 0.25) is 0 Å². The molecule has 1 heterocycles. The number of aryl methyl sites for hydroxylation is 1. The van der Waals surface area contributed by atoms with Gasteiger partial charge in [-0.3, -0.25) is 0 Å². The van der Waals surface area contributed by atoms with Crippen LogP contribution in [-0.4, -0.2) is 10.1 Å². The zero-order valence-electron chi connectivity index (χ0n) is 19.4. The number of fused-ring (bicyclic) bond motifs is 1. The summed E-state index contributed by atoms with van der Waals surface area (Å²) in [5.41, 5.74) is 5.69. The Morgan fingerprint density at radius 3 is 2.55 bits per heavy atom. The third kappa shape index (κ3) is 5.90. The van der Waals surface area contributed by atoms with Gasteiger partial charge < -0.3 is 5.11 Å². The number of benzene rings is 3. The smallest absolute Gasteiger partial charge is 0.0843 e. The summed E-state index contributed by atoms with van der Waals surface area (Å²) in [6.45, 7) is 5.97. The van der Waals surface area contributed by atoms with Gasteiger partial charge >= 0.3 is 0 Å². The van der Waals surface area contributed by atoms with Crippen LogP contribution in [0.3, 0.4) is 0 Å². The van der Waals surface area contributed by atoms with Crippen molar-refractivity contribution in [3.63, 3.8) is 0 Å². The predicted octanol–water partition coefficient (Wildman–Crippen LogP) is 8.02. The fourth-order valence-electron chi connectivity index (χ4n) is 4.22. The number of aromatic nitrogens is 1. The largest absolute Gasteiger partial charge is 0.386 e. The molecule has 0 radical (unpaired) electrons. The monoisotopic (exact) mass is 455 g/mol. The number of pyridine rings is 1. The Labute approximate surface area is 201 Å². The third-order valence-corrected chi connectivity index (χ3v) is 6.36. The predicted molar refractivity (Wildman–Crippen MR) is 141 cm³/mol. The fourth-order valence-corrected chi connectivity index (χ4v) is 4.39. The summed E-state index contributed by atoms with van der Waals surface area (Å²) in [6.07, 6.45) is 6.11. The van der Waals surface area contributed by atoms with E-state index in [0.29, 0.717) is 10.9 Å². The molecule has 4 aromatic rings. The Bertz CT molecular complexity index is 1290. The molecule has 1 aromatic heterocycles. The van der Waals surface area contributed by atoms with Gasteiger partial charge in [-0.25, -0.2) is 4.98 Å². The maximum Gasteiger partial charge on any atom is 0.0843 e. The highest BCUT2D eigenvalue weighted by molar-refractivity contribution is 6.31. The summed E-state index contributed by atoms with van der Waals surface area (Å²) in [7, 11) is 0. The quantitative estimate of drug-likeness (QED) is 0.306. The first-order valence-electron chi connectivity index (χ1n) is 11.4. The molecule has 0 amide bonds. The van der Waals surface area contributed by atoms with Crippen LogP contribution < -0.4 is 0 Å². The van der Waals surface area contributed by atoms with E-state index in [2.05, 4.69) is 55.5 Å². The maximum atomic E-state index is 10.5. The van der Waals surface area contributed by atoms with E-state index in [1.54, 1.807) is 0 Å². The second kappa shape index (κ2) is 9.91. The van der Waals surface area contributed by atoms with E-state index in [9.17, 15) is 5.11 Å². The number of nitrogens with zero attached hydrogens (tertiary/aromatic N) is 1. The summed E-state index contributed by atoms with van der Waals surface area (Å²) < 4.78 is 0. The van der Waals surface area contributed by atoms with Crippen LogP contribution >= 0.6 is 11.6 Å². The lowest BCUT2D eigenvalue weighted by Crippen LogP contribution is -2.18. The third-order valence-electron chi connectivity index (χ3n) is 6.13. The normalized spacial score (nSPS) is 13.0. The van der Waals surface area contributed by atoms with Gasteiger partial charge in [0.1, 0.15) is 0 Å². The Hall–Kier alpha value is -2.94. The highest BCUT2D eigenvalue weighted by Gasteiger charge is 2.19. The number of hydrogen-bond acceptors (Lipinski definition) is 2. The lowest BCUT2D eigenvalue weighted by atomic mass is 9.87. The molecule has 2 nitrogen and oxygen atoms in total. The van der Waals surface area contributed by atoms with Crippen LogP contribution in [0, 0.1) is 0 Å². The molecule has 0 spiro atoms. The zero-order chi connectivity index (χ0) is 23.4. The second-order valence-corrected chi connectivity index (χ2v) is 9.67. The molecule has 168 valence electrons. The van der Waals surface area contributed by atoms with Crippen molar-refractivity contribution in [1.29, 1.82) is 0 Å². The van der Waals surface area contributed by atoms with Crippen LogP contribution in [-0.2, 0) is 12.0 Å². The average molecular weight is 456 g/mol. The van der Waals surface area contributed by atoms with Gasteiger partial charge in [-0.15, -0.1) is 0 Å². The van der Waals surface area contributed by atoms with Crippen molar-refractivity contribution in [1.82, 2.24) is 4.98 Å². The SMILES string of the molecule is C[C@@H](CCc1ccccc1C(C)(C)O)c1cccc(/C=C/c2ccc3ccc(Cl)cc3n2)c1. The summed E-state index contributed by atoms with van der Waals surface area (Å²) in [5, 5.41) is 12.3. The van der Waals surface area contributed by atoms with E-state index in [1.165, 1.54) is 11.1 Å². The summed E-state index contributed by atoms with van der Waals surface area (Å²) in [6, 6.07) is 26.8. The number of hydrogen-bond donors (Lipinski definition) is 1. The van der Waals surface area contributed by atoms with Crippen molar-refractivity contribution in [2.24, 2.45) is 0 Å². The summed E-state index contributed by atoms with van der Waals surface area (Å²) in [5.74, 6) is 0.411. The van der Waals surface area contributed by atoms with Gasteiger partial charge in [-0.05, 0) is 79.1 Å². The molecular formula is C30H30ClNO. The Kier molecular flexibility index (Phi) is 6.97. The lowest BCUT2D eigenvalue weighted by molar-refractivity contribution is 0.0775. The standard InChI is InChI=1S/C30H30ClNO/c1-21(11-13-23-8-4-5-10-28(23)30(2,3)33)25-9-6-7-22(19-25)12-17-27-18-15-24-14-16-26(31)20-29(24)32-27/h4-10,12,14-21,33H,11,13H2,1-3H3/b17-12+/t21-/m0/s1. The molecule has 1 atom stereocenters. The molecule has 0 saturated heterocycles. The molecule has 33 heavy (non-hydrogen) atoms. The molecule has 0 unspecified atom stereocenters. The first-order valence-corrected chi connectivity index (χ1v) is 11.8. The van der Waals surface area contributed by atoms with Crippen molar-refractivity contribution < 1.29 is 5.11 Å². The van der Waals surface area contributed by atoms with Gasteiger partial charge in [0.25, 0.3) is 0 Å². The molecule has 0 aliphatic rings. The van der Waals surface area contributed by atoms with Crippen LogP contribution in [0.5, 0.6) is 0 Å². The zero-order valence-corrected chi connectivity index (χ0v) is 20.2. The van der Waals surface area contributed by atoms with Crippen LogP contribution in [0.1, 0.15) is 61.1 Å². The minimum absolute atomic E-state index is 0.411. The van der Waals surface area contributed by atoms with Gasteiger partial charge in [0.15, 0.2) is 0 Å². The topological polar surface area (TPSA) is 33.1 Å². The highest BCUT2D eigenvalue weighted by atomic mass is 35.5. The number of halogens is 1. The van der Waals surface area contributed by atoms with E-state index in [1.807, 2.05) is 56.3 Å². The number of aliphatic hydroxyl groups is 1. The molecule has 0 aliphatic heterocycles. The molecule has 4 rings (SSSR count). The van der Waals surface area contributed by atoms with Gasteiger partial charge in [-0.1, -0.05) is 85.3 Å². The molecule has 0 bridgehead atoms. The molecule has 3 heteroatoms. The second-order valence-electron chi connectivity index (χ2n) is 9.23. The van der Waals surface area contributed by atoms with Crippen LogP contribution in [0.15, 0.2) is 78.9 Å². The van der Waals surface area contributed by atoms with E-state index in [4.69, 9.17) is 16.6 Å². The maximum absolute atomic E-state index is 10.5. The Morgan fingerprint density at radius 2 is 1.73 bits per heavy atom. The summed E-state index contributed by atoms with van der Waals surface area (Å²) >= 11 is 6.12. The van der Waals surface area contributed by atoms with Crippen molar-refractivity contribution in [2.45, 2.75) is 45.1 Å².